The van der Waals surface area contributed by atoms with E-state index in [9.17, 15) is 0 Å². The Morgan fingerprint density at radius 1 is 1.29 bits per heavy atom. The zero-order valence-electron chi connectivity index (χ0n) is 9.93. The molecule has 0 aromatic rings. The van der Waals surface area contributed by atoms with Crippen molar-refractivity contribution >= 4 is 0 Å². The summed E-state index contributed by atoms with van der Waals surface area (Å²) in [5.74, 6) is 0.554. The maximum absolute atomic E-state index is 6.04. The van der Waals surface area contributed by atoms with Crippen molar-refractivity contribution < 1.29 is 0 Å². The van der Waals surface area contributed by atoms with Gasteiger partial charge in [-0.15, -0.1) is 6.58 Å². The first-order chi connectivity index (χ1) is 6.26. The van der Waals surface area contributed by atoms with Gasteiger partial charge in [-0.1, -0.05) is 6.08 Å². The average Bonchev–Trinajstić information content (AvgIpc) is 1.97. The molecule has 1 aliphatic rings. The third-order valence-corrected chi connectivity index (χ3v) is 3.04. The first-order valence-electron chi connectivity index (χ1n) is 5.43. The van der Waals surface area contributed by atoms with E-state index in [0.717, 1.165) is 12.8 Å². The summed E-state index contributed by atoms with van der Waals surface area (Å²) in [5.41, 5.74) is 6.42. The van der Waals surface area contributed by atoms with Crippen LogP contribution in [0.4, 0.5) is 0 Å². The third kappa shape index (κ3) is 2.82. The lowest BCUT2D eigenvalue weighted by molar-refractivity contribution is 0.121. The van der Waals surface area contributed by atoms with Crippen molar-refractivity contribution in [2.24, 2.45) is 11.7 Å². The second kappa shape index (κ2) is 3.67. The Kier molecular flexibility index (Phi) is 3.07. The second-order valence-corrected chi connectivity index (χ2v) is 5.87. The summed E-state index contributed by atoms with van der Waals surface area (Å²) in [7, 11) is 0. The predicted molar refractivity (Wildman–Crippen MR) is 62.2 cm³/mol. The van der Waals surface area contributed by atoms with Crippen molar-refractivity contribution in [3.63, 3.8) is 0 Å². The fraction of sp³-hybridized carbons (Fsp3) is 0.833. The Labute approximate surface area is 87.9 Å². The van der Waals surface area contributed by atoms with Crippen LogP contribution in [0.2, 0.25) is 0 Å². The smallest absolute Gasteiger partial charge is 0.0251 e. The van der Waals surface area contributed by atoms with Crippen molar-refractivity contribution in [2.75, 3.05) is 0 Å². The third-order valence-electron chi connectivity index (χ3n) is 3.04. The first-order valence-corrected chi connectivity index (χ1v) is 5.43. The molecule has 1 aliphatic heterocycles. The summed E-state index contributed by atoms with van der Waals surface area (Å²) in [6.07, 6.45) is 4.13. The summed E-state index contributed by atoms with van der Waals surface area (Å²) in [4.78, 5) is 0. The van der Waals surface area contributed by atoms with Gasteiger partial charge in [-0.05, 0) is 46.5 Å². The lowest BCUT2D eigenvalue weighted by Gasteiger charge is -2.47. The Morgan fingerprint density at radius 2 is 1.71 bits per heavy atom. The zero-order valence-corrected chi connectivity index (χ0v) is 9.93. The molecular weight excluding hydrogens is 172 g/mol. The summed E-state index contributed by atoms with van der Waals surface area (Å²) < 4.78 is 0. The van der Waals surface area contributed by atoms with Gasteiger partial charge < -0.3 is 11.1 Å². The van der Waals surface area contributed by atoms with Gasteiger partial charge >= 0.3 is 0 Å². The van der Waals surface area contributed by atoms with Gasteiger partial charge in [-0.25, -0.2) is 0 Å². The van der Waals surface area contributed by atoms with Crippen LogP contribution in [0.15, 0.2) is 12.7 Å². The molecular formula is C12H24N2. The summed E-state index contributed by atoms with van der Waals surface area (Å²) >= 11 is 0. The summed E-state index contributed by atoms with van der Waals surface area (Å²) in [6.45, 7) is 12.8. The number of nitrogens with two attached hydrogens (primary N) is 1. The van der Waals surface area contributed by atoms with Crippen LogP contribution in [0.25, 0.3) is 0 Å². The van der Waals surface area contributed by atoms with Crippen LogP contribution in [0, 0.1) is 5.92 Å². The van der Waals surface area contributed by atoms with Gasteiger partial charge in [-0.2, -0.15) is 0 Å². The van der Waals surface area contributed by atoms with Crippen LogP contribution in [0.3, 0.4) is 0 Å². The van der Waals surface area contributed by atoms with Gasteiger partial charge in [0.25, 0.3) is 0 Å². The minimum Gasteiger partial charge on any atom is -0.324 e. The Bertz CT molecular complexity index is 202. The van der Waals surface area contributed by atoms with Gasteiger partial charge in [0.2, 0.25) is 0 Å². The van der Waals surface area contributed by atoms with Gasteiger partial charge in [0.1, 0.15) is 0 Å². The van der Waals surface area contributed by atoms with Gasteiger partial charge in [0, 0.05) is 17.1 Å². The summed E-state index contributed by atoms with van der Waals surface area (Å²) in [6, 6.07) is 0.135. The van der Waals surface area contributed by atoms with E-state index < -0.39 is 0 Å². The molecule has 0 amide bonds. The number of nitrogens with one attached hydrogen (secondary N) is 1. The van der Waals surface area contributed by atoms with Crippen LogP contribution < -0.4 is 11.1 Å². The van der Waals surface area contributed by atoms with Crippen LogP contribution >= 0.6 is 0 Å². The van der Waals surface area contributed by atoms with E-state index in [2.05, 4.69) is 39.6 Å². The standard InChI is InChI=1S/C12H24N2/c1-6-10(13)9-7-11(2,3)14-12(4,5)8-9/h6,9-10,14H,1,7-8,13H2,2-5H3. The molecule has 3 N–H and O–H groups in total. The van der Waals surface area contributed by atoms with Crippen LogP contribution in [0.1, 0.15) is 40.5 Å². The molecule has 0 bridgehead atoms. The van der Waals surface area contributed by atoms with Crippen LogP contribution in [-0.4, -0.2) is 17.1 Å². The van der Waals surface area contributed by atoms with Crippen molar-refractivity contribution in [3.05, 3.63) is 12.7 Å². The van der Waals surface area contributed by atoms with E-state index in [-0.39, 0.29) is 17.1 Å². The molecule has 1 heterocycles. The SMILES string of the molecule is C=CC(N)C1CC(C)(C)NC(C)(C)C1. The molecule has 0 spiro atoms. The molecule has 2 heteroatoms. The lowest BCUT2D eigenvalue weighted by atomic mass is 9.73. The maximum Gasteiger partial charge on any atom is 0.0251 e. The van der Waals surface area contributed by atoms with E-state index in [1.165, 1.54) is 0 Å². The molecule has 14 heavy (non-hydrogen) atoms. The minimum atomic E-state index is 0.135. The molecule has 2 nitrogen and oxygen atoms in total. The lowest BCUT2D eigenvalue weighted by Crippen LogP contribution is -2.59. The fourth-order valence-corrected chi connectivity index (χ4v) is 2.87. The van der Waals surface area contributed by atoms with E-state index >= 15 is 0 Å². The number of piperidine rings is 1. The first kappa shape index (κ1) is 11.7. The van der Waals surface area contributed by atoms with Gasteiger partial charge in [0.05, 0.1) is 0 Å². The highest BCUT2D eigenvalue weighted by atomic mass is 15.1. The topological polar surface area (TPSA) is 38.0 Å². The highest BCUT2D eigenvalue weighted by molar-refractivity contribution is 5.02. The molecule has 1 unspecified atom stereocenters. The fourth-order valence-electron chi connectivity index (χ4n) is 2.87. The number of hydrogen-bond donors (Lipinski definition) is 2. The molecule has 1 atom stereocenters. The normalized spacial score (nSPS) is 28.4. The van der Waals surface area contributed by atoms with Crippen molar-refractivity contribution in [1.82, 2.24) is 5.32 Å². The van der Waals surface area contributed by atoms with Crippen molar-refractivity contribution in [3.8, 4) is 0 Å². The predicted octanol–water partition coefficient (Wildman–Crippen LogP) is 2.06. The molecule has 0 saturated carbocycles. The highest BCUT2D eigenvalue weighted by Crippen LogP contribution is 2.34. The quantitative estimate of drug-likeness (QED) is 0.663. The van der Waals surface area contributed by atoms with Crippen molar-refractivity contribution in [2.45, 2.75) is 57.7 Å². The minimum absolute atomic E-state index is 0.135. The van der Waals surface area contributed by atoms with Crippen molar-refractivity contribution in [1.29, 1.82) is 0 Å². The van der Waals surface area contributed by atoms with Gasteiger partial charge in [0.15, 0.2) is 0 Å². The van der Waals surface area contributed by atoms with Crippen LogP contribution in [-0.2, 0) is 0 Å². The maximum atomic E-state index is 6.04. The van der Waals surface area contributed by atoms with E-state index in [1.807, 2.05) is 6.08 Å². The highest BCUT2D eigenvalue weighted by Gasteiger charge is 2.38. The molecule has 1 fully saturated rings. The van der Waals surface area contributed by atoms with E-state index in [1.54, 1.807) is 0 Å². The molecule has 0 aromatic carbocycles. The second-order valence-electron chi connectivity index (χ2n) is 5.87. The average molecular weight is 196 g/mol. The molecule has 0 radical (unpaired) electrons. The Hall–Kier alpha value is -0.340. The molecule has 0 aliphatic carbocycles. The molecule has 1 saturated heterocycles. The number of rotatable bonds is 2. The van der Waals surface area contributed by atoms with Gasteiger partial charge in [-0.3, -0.25) is 0 Å². The van der Waals surface area contributed by atoms with E-state index in [4.69, 9.17) is 5.73 Å². The molecule has 82 valence electrons. The number of hydrogen-bond acceptors (Lipinski definition) is 2. The Morgan fingerprint density at radius 3 is 2.07 bits per heavy atom. The largest absolute Gasteiger partial charge is 0.324 e. The molecule has 0 aromatic heterocycles. The van der Waals surface area contributed by atoms with E-state index in [0.29, 0.717) is 5.92 Å². The van der Waals surface area contributed by atoms with Crippen LogP contribution in [0.5, 0.6) is 0 Å². The Balaban J connectivity index is 2.76. The molecule has 1 rings (SSSR count). The monoisotopic (exact) mass is 196 g/mol. The summed E-state index contributed by atoms with van der Waals surface area (Å²) in [5, 5.41) is 3.65. The zero-order chi connectivity index (χ0) is 11.0.